The number of hydrogen-bond donors (Lipinski definition) is 4. The van der Waals surface area contributed by atoms with Crippen molar-refractivity contribution in [2.75, 3.05) is 6.54 Å². The molecule has 5 N–H and O–H groups in total. The minimum absolute atomic E-state index is 0.108. The van der Waals surface area contributed by atoms with Crippen LogP contribution in [0.15, 0.2) is 16.9 Å². The summed E-state index contributed by atoms with van der Waals surface area (Å²) < 4.78 is 21.9. The topological polar surface area (TPSA) is 140 Å². The van der Waals surface area contributed by atoms with Crippen LogP contribution in [0.25, 0.3) is 22.3 Å². The van der Waals surface area contributed by atoms with E-state index in [1.54, 1.807) is 24.5 Å². The number of halogens is 1. The number of nitrogens with two attached hydrogens (primary N) is 1. The van der Waals surface area contributed by atoms with E-state index >= 15 is 0 Å². The fraction of sp³-hybridized carbons (Fsp3) is 0.464. The number of amides is 1. The second kappa shape index (κ2) is 8.94. The predicted octanol–water partition coefficient (Wildman–Crippen LogP) is 2.16. The molecule has 0 saturated carbocycles. The molecule has 4 heterocycles. The normalized spacial score (nSPS) is 23.2. The summed E-state index contributed by atoms with van der Waals surface area (Å²) in [6.45, 7) is 3.99. The second-order valence-corrected chi connectivity index (χ2v) is 10.5. The average molecular weight is 523 g/mol. The Labute approximate surface area is 218 Å². The minimum atomic E-state index is -1.74. The van der Waals surface area contributed by atoms with Crippen LogP contribution < -0.4 is 16.6 Å². The molecule has 1 unspecified atom stereocenters. The first-order valence-electron chi connectivity index (χ1n) is 13.1. The Balaban J connectivity index is 1.59. The zero-order valence-electron chi connectivity index (χ0n) is 21.4. The summed E-state index contributed by atoms with van der Waals surface area (Å²) in [5, 5.41) is 25.6. The molecule has 0 saturated heterocycles. The van der Waals surface area contributed by atoms with Crippen molar-refractivity contribution in [2.45, 2.75) is 77.0 Å². The van der Waals surface area contributed by atoms with Crippen molar-refractivity contribution in [3.05, 3.63) is 61.7 Å². The molecule has 2 aliphatic heterocycles. The lowest BCUT2D eigenvalue weighted by molar-refractivity contribution is -0.236. The van der Waals surface area contributed by atoms with Crippen molar-refractivity contribution in [3.63, 3.8) is 0 Å². The van der Waals surface area contributed by atoms with Crippen LogP contribution in [0, 0.1) is 12.7 Å². The van der Waals surface area contributed by atoms with Crippen molar-refractivity contribution in [1.29, 1.82) is 0 Å². The Morgan fingerprint density at radius 3 is 2.87 bits per heavy atom. The van der Waals surface area contributed by atoms with E-state index in [4.69, 9.17) is 15.5 Å². The number of benzene rings is 1. The van der Waals surface area contributed by atoms with Gasteiger partial charge in [0.15, 0.2) is 6.29 Å². The lowest BCUT2D eigenvalue weighted by Crippen LogP contribution is -2.47. The monoisotopic (exact) mass is 522 g/mol. The van der Waals surface area contributed by atoms with Crippen molar-refractivity contribution in [2.24, 2.45) is 5.73 Å². The molecule has 38 heavy (non-hydrogen) atoms. The largest absolute Gasteiger partial charge is 0.380 e. The number of aryl methyl sites for hydroxylation is 1. The molecule has 6 rings (SSSR count). The first kappa shape index (κ1) is 25.1. The number of aromatic nitrogens is 2. The lowest BCUT2D eigenvalue weighted by atomic mass is 9.81. The number of carbonyl (C=O) groups is 1. The van der Waals surface area contributed by atoms with Crippen molar-refractivity contribution in [3.8, 4) is 11.4 Å². The average Bonchev–Trinajstić information content (AvgIpc) is 3.27. The predicted molar refractivity (Wildman–Crippen MR) is 138 cm³/mol. The van der Waals surface area contributed by atoms with Crippen LogP contribution in [-0.4, -0.2) is 38.5 Å². The highest BCUT2D eigenvalue weighted by Gasteiger charge is 2.45. The summed E-state index contributed by atoms with van der Waals surface area (Å²) in [4.78, 5) is 31.3. The third-order valence-corrected chi connectivity index (χ3v) is 8.48. The van der Waals surface area contributed by atoms with Gasteiger partial charge in [0.25, 0.3) is 5.56 Å². The van der Waals surface area contributed by atoms with E-state index < -0.39 is 11.9 Å². The second-order valence-electron chi connectivity index (χ2n) is 10.5. The quantitative estimate of drug-likeness (QED) is 0.315. The van der Waals surface area contributed by atoms with E-state index in [1.807, 2.05) is 0 Å². The Bertz CT molecular complexity index is 1570. The zero-order chi connectivity index (χ0) is 26.9. The van der Waals surface area contributed by atoms with Crippen molar-refractivity contribution >= 4 is 16.8 Å². The molecule has 1 aromatic carbocycles. The highest BCUT2D eigenvalue weighted by atomic mass is 19.1. The first-order chi connectivity index (χ1) is 18.2. The molecule has 2 aromatic heterocycles. The maximum atomic E-state index is 15.0. The molecule has 1 aliphatic carbocycles. The Morgan fingerprint density at radius 1 is 1.34 bits per heavy atom. The summed E-state index contributed by atoms with van der Waals surface area (Å²) in [6, 6.07) is 2.79. The summed E-state index contributed by atoms with van der Waals surface area (Å²) in [6.07, 6.45) is 0.733. The van der Waals surface area contributed by atoms with Gasteiger partial charge in [0.2, 0.25) is 5.91 Å². The molecule has 3 aromatic rings. The maximum Gasteiger partial charge on any atom is 0.257 e. The summed E-state index contributed by atoms with van der Waals surface area (Å²) in [7, 11) is 0. The van der Waals surface area contributed by atoms with Gasteiger partial charge >= 0.3 is 0 Å². The van der Waals surface area contributed by atoms with Crippen LogP contribution in [0.1, 0.15) is 72.0 Å². The van der Waals surface area contributed by atoms with Crippen LogP contribution >= 0.6 is 0 Å². The summed E-state index contributed by atoms with van der Waals surface area (Å²) in [5.41, 5.74) is 8.71. The van der Waals surface area contributed by atoms with Crippen LogP contribution in [0.4, 0.5) is 4.39 Å². The van der Waals surface area contributed by atoms with Gasteiger partial charge in [-0.2, -0.15) is 0 Å². The molecule has 1 amide bonds. The molecule has 3 aliphatic rings. The molecule has 10 heteroatoms. The fourth-order valence-electron chi connectivity index (χ4n) is 6.34. The molecular formula is C28H31FN4O5. The minimum Gasteiger partial charge on any atom is -0.380 e. The van der Waals surface area contributed by atoms with Crippen LogP contribution in [0.3, 0.4) is 0 Å². The highest BCUT2D eigenvalue weighted by molar-refractivity contribution is 5.93. The number of pyridine rings is 2. The van der Waals surface area contributed by atoms with Crippen molar-refractivity contribution in [1.82, 2.24) is 14.9 Å². The SMILES string of the molecule is CC[C@]1(O)c2cc3n(c(=O)c2COC1O)Cc1c-3nc2cc(F)c(C)c3c2c1[C@@H](NC(=O)CCCN)CC3. The van der Waals surface area contributed by atoms with Gasteiger partial charge in [0.05, 0.1) is 36.1 Å². The summed E-state index contributed by atoms with van der Waals surface area (Å²) >= 11 is 0. The number of hydrogen-bond acceptors (Lipinski definition) is 7. The highest BCUT2D eigenvalue weighted by Crippen LogP contribution is 2.46. The van der Waals surface area contributed by atoms with E-state index in [0.717, 1.165) is 22.1 Å². The number of nitrogens with zero attached hydrogens (tertiary/aromatic N) is 2. The van der Waals surface area contributed by atoms with E-state index in [2.05, 4.69) is 5.32 Å². The third-order valence-electron chi connectivity index (χ3n) is 8.48. The Kier molecular flexibility index (Phi) is 5.91. The smallest absolute Gasteiger partial charge is 0.257 e. The molecule has 0 radical (unpaired) electrons. The standard InChI is InChI=1S/C28H31FN4O5/c1-3-28(37)17-9-21-25-15(11-33(21)26(35)16(17)12-38-27(28)36)24-19(31-22(34)5-4-8-30)7-6-14-13(2)18(29)10-20(32-25)23(14)24/h9-10,19,27,36-37H,3-8,11-12,30H2,1-2H3,(H,31,34)/t19-,27?,28-/m0/s1. The molecule has 0 spiro atoms. The molecule has 9 nitrogen and oxygen atoms in total. The third kappa shape index (κ3) is 3.47. The van der Waals surface area contributed by atoms with Crippen molar-refractivity contribution < 1.29 is 24.1 Å². The molecule has 3 atom stereocenters. The van der Waals surface area contributed by atoms with Gasteiger partial charge in [-0.15, -0.1) is 0 Å². The number of ether oxygens (including phenoxy) is 1. The van der Waals surface area contributed by atoms with Gasteiger partial charge in [0.1, 0.15) is 11.4 Å². The van der Waals surface area contributed by atoms with E-state index in [1.165, 1.54) is 6.07 Å². The first-order valence-corrected chi connectivity index (χ1v) is 13.1. The van der Waals surface area contributed by atoms with Gasteiger partial charge in [-0.25, -0.2) is 9.37 Å². The number of aliphatic hydroxyl groups is 2. The number of fused-ring (bicyclic) bond motifs is 5. The van der Waals surface area contributed by atoms with E-state index in [0.29, 0.717) is 65.8 Å². The Morgan fingerprint density at radius 2 is 2.13 bits per heavy atom. The van der Waals surface area contributed by atoms with Crippen LogP contribution in [0.2, 0.25) is 0 Å². The lowest BCUT2D eigenvalue weighted by Gasteiger charge is -2.37. The summed E-state index contributed by atoms with van der Waals surface area (Å²) in [5.74, 6) is -0.457. The van der Waals surface area contributed by atoms with E-state index in [-0.39, 0.29) is 42.9 Å². The molecule has 0 bridgehead atoms. The molecular weight excluding hydrogens is 491 g/mol. The van der Waals surface area contributed by atoms with E-state index in [9.17, 15) is 24.2 Å². The Hall–Kier alpha value is -3.18. The maximum absolute atomic E-state index is 15.0. The van der Waals surface area contributed by atoms with Crippen LogP contribution in [-0.2, 0) is 34.7 Å². The number of rotatable bonds is 5. The number of aliphatic hydroxyl groups excluding tert-OH is 1. The zero-order valence-corrected chi connectivity index (χ0v) is 21.4. The van der Waals surface area contributed by atoms with Gasteiger partial charge in [0, 0.05) is 34.6 Å². The number of nitrogens with one attached hydrogen (secondary N) is 1. The molecule has 0 fully saturated rings. The van der Waals surface area contributed by atoms with Crippen LogP contribution in [0.5, 0.6) is 0 Å². The fourth-order valence-corrected chi connectivity index (χ4v) is 6.34. The molecule has 200 valence electrons. The van der Waals surface area contributed by atoms with Gasteiger partial charge in [-0.3, -0.25) is 9.59 Å². The van der Waals surface area contributed by atoms with Gasteiger partial charge < -0.3 is 30.6 Å². The van der Waals surface area contributed by atoms with Gasteiger partial charge in [-0.1, -0.05) is 6.92 Å². The van der Waals surface area contributed by atoms with Gasteiger partial charge in [-0.05, 0) is 61.9 Å². The number of carbonyl (C=O) groups excluding carboxylic acids is 1.